The maximum absolute atomic E-state index is 16.4. The van der Waals surface area contributed by atoms with Gasteiger partial charge in [-0.15, -0.1) is 5.10 Å². The zero-order valence-corrected chi connectivity index (χ0v) is 35.8. The third kappa shape index (κ3) is 7.72. The van der Waals surface area contributed by atoms with Gasteiger partial charge in [-0.2, -0.15) is 0 Å². The number of imidazole rings is 1. The molecule has 4 aromatic rings. The van der Waals surface area contributed by atoms with E-state index in [1.54, 1.807) is 36.8 Å². The van der Waals surface area contributed by atoms with Crippen LogP contribution in [0.4, 0.5) is 36.5 Å². The minimum Gasteiger partial charge on any atom is -0.385 e. The number of urea groups is 1. The van der Waals surface area contributed by atoms with Crippen LogP contribution in [0.2, 0.25) is 5.02 Å². The van der Waals surface area contributed by atoms with Crippen LogP contribution in [0.5, 0.6) is 0 Å². The molecule has 0 bridgehead atoms. The SMILES string of the molecule is CNC(=O)c1cnc2c(NC)cc(N3CCc4c(CN5CCC6(CCN(CC7CCN(C(=O)c8ccc(Cl)c(N9CCC(=O)NC9=O)c8)CC7)CC6)C(F)(F)C5)cccc43)nn12. The van der Waals surface area contributed by atoms with Crippen molar-refractivity contribution < 1.29 is 28.0 Å². The van der Waals surface area contributed by atoms with E-state index >= 15 is 8.78 Å². The first-order valence-electron chi connectivity index (χ1n) is 21.6. The Morgan fingerprint density at radius 3 is 2.37 bits per heavy atom. The molecule has 62 heavy (non-hydrogen) atoms. The minimum atomic E-state index is -2.82. The minimum absolute atomic E-state index is 0.134. The monoisotopic (exact) mass is 871 g/mol. The summed E-state index contributed by atoms with van der Waals surface area (Å²) in [5, 5.41) is 13.3. The predicted molar refractivity (Wildman–Crippen MR) is 232 cm³/mol. The van der Waals surface area contributed by atoms with Crippen molar-refractivity contribution in [3.63, 3.8) is 0 Å². The number of piperidine rings is 3. The molecule has 4 saturated heterocycles. The molecule has 5 amide bonds. The summed E-state index contributed by atoms with van der Waals surface area (Å²) < 4.78 is 34.3. The smallest absolute Gasteiger partial charge is 0.328 e. The van der Waals surface area contributed by atoms with Crippen molar-refractivity contribution in [3.8, 4) is 0 Å². The molecule has 0 saturated carbocycles. The number of nitrogens with zero attached hydrogens (tertiary/aromatic N) is 8. The van der Waals surface area contributed by atoms with Gasteiger partial charge in [-0.1, -0.05) is 23.7 Å². The highest BCUT2D eigenvalue weighted by molar-refractivity contribution is 6.34. The second kappa shape index (κ2) is 16.7. The molecule has 7 heterocycles. The number of rotatable bonds is 9. The summed E-state index contributed by atoms with van der Waals surface area (Å²) in [4.78, 5) is 64.2. The van der Waals surface area contributed by atoms with Crippen LogP contribution >= 0.6 is 11.6 Å². The van der Waals surface area contributed by atoms with Crippen LogP contribution in [-0.2, 0) is 17.8 Å². The second-order valence-electron chi connectivity index (χ2n) is 17.3. The highest BCUT2D eigenvalue weighted by atomic mass is 35.5. The topological polar surface area (TPSA) is 151 Å². The number of imide groups is 1. The molecule has 0 atom stereocenters. The van der Waals surface area contributed by atoms with Crippen molar-refractivity contribution >= 4 is 63.9 Å². The number of hydrogen-bond donors (Lipinski definition) is 3. The number of carbonyl (C=O) groups is 4. The van der Waals surface area contributed by atoms with Gasteiger partial charge in [-0.3, -0.25) is 29.5 Å². The fraction of sp³-hybridized carbons (Fsp3) is 0.500. The third-order valence-corrected chi connectivity index (χ3v) is 14.2. The van der Waals surface area contributed by atoms with Crippen LogP contribution in [0.3, 0.4) is 0 Å². The van der Waals surface area contributed by atoms with Crippen LogP contribution in [0.15, 0.2) is 48.7 Å². The van der Waals surface area contributed by atoms with E-state index in [1.807, 2.05) is 28.0 Å². The van der Waals surface area contributed by atoms with E-state index in [1.165, 1.54) is 11.1 Å². The summed E-state index contributed by atoms with van der Waals surface area (Å²) in [7, 11) is 3.37. The first kappa shape index (κ1) is 41.9. The summed E-state index contributed by atoms with van der Waals surface area (Å²) in [6.07, 6.45) is 5.44. The van der Waals surface area contributed by atoms with Crippen molar-refractivity contribution in [2.24, 2.45) is 11.3 Å². The summed E-state index contributed by atoms with van der Waals surface area (Å²) in [5.74, 6) is -2.56. The predicted octanol–water partition coefficient (Wildman–Crippen LogP) is 5.40. The molecule has 9 rings (SSSR count). The number of halogens is 3. The number of hydrogen-bond acceptors (Lipinski definition) is 10. The van der Waals surface area contributed by atoms with Gasteiger partial charge in [0.15, 0.2) is 17.2 Å². The van der Waals surface area contributed by atoms with Gasteiger partial charge in [0, 0.05) is 82.5 Å². The Morgan fingerprint density at radius 2 is 1.65 bits per heavy atom. The summed E-state index contributed by atoms with van der Waals surface area (Å²) in [5.41, 5.74) is 4.59. The number of amides is 5. The van der Waals surface area contributed by atoms with E-state index in [2.05, 4.69) is 36.8 Å². The fourth-order valence-electron chi connectivity index (χ4n) is 10.2. The van der Waals surface area contributed by atoms with Crippen LogP contribution in [0.25, 0.3) is 5.65 Å². The van der Waals surface area contributed by atoms with Crippen molar-refractivity contribution in [1.82, 2.24) is 39.9 Å². The molecule has 2 aromatic heterocycles. The summed E-state index contributed by atoms with van der Waals surface area (Å²) >= 11 is 6.40. The molecule has 1 spiro atoms. The Balaban J connectivity index is 0.781. The lowest BCUT2D eigenvalue weighted by atomic mass is 9.68. The van der Waals surface area contributed by atoms with Crippen molar-refractivity contribution in [2.45, 2.75) is 57.4 Å². The first-order chi connectivity index (χ1) is 29.9. The lowest BCUT2D eigenvalue weighted by Crippen LogP contribution is -2.59. The number of benzene rings is 2. The van der Waals surface area contributed by atoms with Gasteiger partial charge < -0.3 is 25.3 Å². The first-order valence-corrected chi connectivity index (χ1v) is 21.9. The Kier molecular flexibility index (Phi) is 11.3. The van der Waals surface area contributed by atoms with E-state index in [4.69, 9.17) is 16.7 Å². The number of alkyl halides is 2. The van der Waals surface area contributed by atoms with Crippen molar-refractivity contribution in [1.29, 1.82) is 0 Å². The standard InChI is InChI=1S/C44H52ClF2N11O4/c1-48-33-23-37(52-58-36(40(60)49-2)24-50-39(33)58)56-17-10-31-30(4-3-5-34(31)56)26-54-21-14-43(44(46,47)27-54)12-19-53(20-13-43)25-28-8-15-55(16-9-28)41(61)29-6-7-32(45)35(22-29)57-18-11-38(59)51-42(57)62/h3-7,22-24,28,48H,8-21,25-27H2,1-2H3,(H,49,60)(H,51,59,62). The molecular formula is C44H52ClF2N11O4. The van der Waals surface area contributed by atoms with E-state index in [-0.39, 0.29) is 37.2 Å². The highest BCUT2D eigenvalue weighted by Gasteiger charge is 2.57. The normalized spacial score (nSPS) is 20.8. The molecule has 0 unspecified atom stereocenters. The Labute approximate surface area is 363 Å². The van der Waals surface area contributed by atoms with Crippen molar-refractivity contribution in [3.05, 3.63) is 76.1 Å². The Hall–Kier alpha value is -5.39. The number of carbonyl (C=O) groups excluding carboxylic acids is 4. The van der Waals surface area contributed by atoms with Crippen LogP contribution < -0.4 is 25.8 Å². The highest BCUT2D eigenvalue weighted by Crippen LogP contribution is 2.51. The Bertz CT molecular complexity index is 2410. The molecule has 0 aliphatic carbocycles. The summed E-state index contributed by atoms with van der Waals surface area (Å²) in [6.45, 7) is 4.93. The number of nitrogens with one attached hydrogen (secondary N) is 3. The second-order valence-corrected chi connectivity index (χ2v) is 17.8. The van der Waals surface area contributed by atoms with E-state index in [9.17, 15) is 19.2 Å². The molecule has 3 N–H and O–H groups in total. The van der Waals surface area contributed by atoms with Gasteiger partial charge in [0.05, 0.1) is 29.1 Å². The maximum Gasteiger partial charge on any atom is 0.328 e. The molecule has 15 nitrogen and oxygen atoms in total. The van der Waals surface area contributed by atoms with Gasteiger partial charge in [0.25, 0.3) is 17.7 Å². The molecule has 328 valence electrons. The molecular weight excluding hydrogens is 820 g/mol. The number of anilines is 4. The molecule has 4 fully saturated rings. The van der Waals surface area contributed by atoms with E-state index < -0.39 is 17.4 Å². The van der Waals surface area contributed by atoms with Crippen molar-refractivity contribution in [2.75, 3.05) is 88.1 Å². The van der Waals surface area contributed by atoms with Gasteiger partial charge >= 0.3 is 6.03 Å². The van der Waals surface area contributed by atoms with Gasteiger partial charge in [0.2, 0.25) is 5.91 Å². The largest absolute Gasteiger partial charge is 0.385 e. The van der Waals surface area contributed by atoms with E-state index in [0.717, 1.165) is 48.3 Å². The number of aromatic nitrogens is 3. The molecule has 0 radical (unpaired) electrons. The third-order valence-electron chi connectivity index (χ3n) is 13.9. The fourth-order valence-corrected chi connectivity index (χ4v) is 10.4. The van der Waals surface area contributed by atoms with Gasteiger partial charge in [-0.05, 0) is 99.5 Å². The lowest BCUT2D eigenvalue weighted by Gasteiger charge is -2.51. The molecule has 18 heteroatoms. The zero-order valence-electron chi connectivity index (χ0n) is 35.1. The molecule has 5 aliphatic rings. The van der Waals surface area contributed by atoms with Crippen LogP contribution in [0, 0.1) is 11.3 Å². The van der Waals surface area contributed by atoms with E-state index in [0.29, 0.717) is 104 Å². The number of fused-ring (bicyclic) bond motifs is 2. The average Bonchev–Trinajstić information content (AvgIpc) is 3.91. The van der Waals surface area contributed by atoms with Gasteiger partial charge in [-0.25, -0.2) is 23.1 Å². The molecule has 2 aromatic carbocycles. The Morgan fingerprint density at radius 1 is 0.903 bits per heavy atom. The number of likely N-dealkylation sites (tertiary alicyclic amines) is 3. The quantitative estimate of drug-likeness (QED) is 0.200. The molecule has 5 aliphatic heterocycles. The van der Waals surface area contributed by atoms with Crippen LogP contribution in [-0.4, -0.2) is 132 Å². The summed E-state index contributed by atoms with van der Waals surface area (Å²) in [6, 6.07) is 12.3. The zero-order chi connectivity index (χ0) is 43.3. The van der Waals surface area contributed by atoms with Gasteiger partial charge in [0.1, 0.15) is 0 Å². The lowest BCUT2D eigenvalue weighted by molar-refractivity contribution is -0.189. The average molecular weight is 872 g/mol. The maximum atomic E-state index is 16.4. The van der Waals surface area contributed by atoms with Crippen LogP contribution in [0.1, 0.15) is 70.5 Å².